The van der Waals surface area contributed by atoms with Gasteiger partial charge in [-0.05, 0) is 5.92 Å². The van der Waals surface area contributed by atoms with Crippen molar-refractivity contribution >= 4 is 5.97 Å². The highest BCUT2D eigenvalue weighted by Gasteiger charge is 2.00. The van der Waals surface area contributed by atoms with Gasteiger partial charge in [-0.3, -0.25) is 0 Å². The zero-order valence-corrected chi connectivity index (χ0v) is 7.26. The summed E-state index contributed by atoms with van der Waals surface area (Å²) in [6.07, 6.45) is 3.58. The smallest absolute Gasteiger partial charge is 0.337 e. The average molecular weight is 154 g/mol. The summed E-state index contributed by atoms with van der Waals surface area (Å²) in [5.74, 6) is 0.0540. The molecule has 11 heavy (non-hydrogen) atoms. The van der Waals surface area contributed by atoms with Crippen molar-refractivity contribution in [2.24, 2.45) is 5.92 Å². The van der Waals surface area contributed by atoms with Gasteiger partial charge in [0.05, 0.1) is 12.7 Å². The molecule has 0 aromatic rings. The standard InChI is InChI=1S/C9H14O2/c1-7(2)5-6-8(3)9(10)11-4/h5-7H,3H2,1-2,4H3/b6-5-. The molecule has 0 aromatic heterocycles. The predicted molar refractivity (Wildman–Crippen MR) is 45.1 cm³/mol. The molecule has 0 aliphatic rings. The maximum absolute atomic E-state index is 10.8. The molecule has 0 unspecified atom stereocenters. The summed E-state index contributed by atoms with van der Waals surface area (Å²) in [6.45, 7) is 7.59. The van der Waals surface area contributed by atoms with E-state index in [4.69, 9.17) is 0 Å². The number of rotatable bonds is 3. The Bertz CT molecular complexity index is 178. The summed E-state index contributed by atoms with van der Waals surface area (Å²) in [4.78, 5) is 10.8. The second-order valence-electron chi connectivity index (χ2n) is 2.62. The minimum Gasteiger partial charge on any atom is -0.465 e. The number of allylic oxidation sites excluding steroid dienone is 1. The van der Waals surface area contributed by atoms with Gasteiger partial charge < -0.3 is 4.74 Å². The third-order valence-electron chi connectivity index (χ3n) is 1.13. The van der Waals surface area contributed by atoms with Gasteiger partial charge in [-0.2, -0.15) is 0 Å². The molecule has 62 valence electrons. The van der Waals surface area contributed by atoms with E-state index in [9.17, 15) is 4.79 Å². The van der Waals surface area contributed by atoms with E-state index in [2.05, 4.69) is 11.3 Å². The largest absolute Gasteiger partial charge is 0.465 e. The van der Waals surface area contributed by atoms with E-state index in [0.717, 1.165) is 0 Å². The van der Waals surface area contributed by atoms with Crippen molar-refractivity contribution in [1.29, 1.82) is 0 Å². The van der Waals surface area contributed by atoms with Crippen LogP contribution in [0, 0.1) is 5.92 Å². The van der Waals surface area contributed by atoms with Crippen LogP contribution in [0.3, 0.4) is 0 Å². The molecular weight excluding hydrogens is 140 g/mol. The van der Waals surface area contributed by atoms with Crippen LogP contribution in [-0.2, 0) is 9.53 Å². The molecule has 0 rings (SSSR count). The number of esters is 1. The molecule has 0 heterocycles. The SMILES string of the molecule is C=C(/C=C\C(C)C)C(=O)OC. The van der Waals surface area contributed by atoms with Gasteiger partial charge in [-0.1, -0.05) is 32.6 Å². The first-order valence-corrected chi connectivity index (χ1v) is 3.53. The molecule has 0 saturated carbocycles. The highest BCUT2D eigenvalue weighted by atomic mass is 16.5. The Morgan fingerprint density at radius 2 is 2.09 bits per heavy atom. The first-order chi connectivity index (χ1) is 5.07. The molecule has 0 N–H and O–H groups in total. The number of methoxy groups -OCH3 is 1. The van der Waals surface area contributed by atoms with Crippen molar-refractivity contribution in [1.82, 2.24) is 0 Å². The Morgan fingerprint density at radius 3 is 2.45 bits per heavy atom. The lowest BCUT2D eigenvalue weighted by atomic mass is 10.1. The molecule has 0 aliphatic carbocycles. The van der Waals surface area contributed by atoms with Crippen LogP contribution in [0.2, 0.25) is 0 Å². The quantitative estimate of drug-likeness (QED) is 0.352. The van der Waals surface area contributed by atoms with Gasteiger partial charge in [0.1, 0.15) is 0 Å². The number of carbonyl (C=O) groups excluding carboxylic acids is 1. The maximum Gasteiger partial charge on any atom is 0.337 e. The Balaban J connectivity index is 3.97. The molecule has 0 bridgehead atoms. The number of hydrogen-bond acceptors (Lipinski definition) is 2. The summed E-state index contributed by atoms with van der Waals surface area (Å²) in [5.41, 5.74) is 0.390. The van der Waals surface area contributed by atoms with Crippen molar-refractivity contribution in [3.63, 3.8) is 0 Å². The summed E-state index contributed by atoms with van der Waals surface area (Å²) < 4.78 is 4.45. The topological polar surface area (TPSA) is 26.3 Å². The van der Waals surface area contributed by atoms with Gasteiger partial charge in [0, 0.05) is 0 Å². The lowest BCUT2D eigenvalue weighted by molar-refractivity contribution is -0.135. The van der Waals surface area contributed by atoms with Crippen LogP contribution in [0.15, 0.2) is 24.3 Å². The van der Waals surface area contributed by atoms with Crippen LogP contribution in [0.5, 0.6) is 0 Å². The Labute approximate surface area is 67.6 Å². The van der Waals surface area contributed by atoms with Gasteiger partial charge in [0.15, 0.2) is 0 Å². The molecule has 0 aliphatic heterocycles. The fraction of sp³-hybridized carbons (Fsp3) is 0.444. The summed E-state index contributed by atoms with van der Waals surface area (Å²) in [6, 6.07) is 0. The Morgan fingerprint density at radius 1 is 1.55 bits per heavy atom. The van der Waals surface area contributed by atoms with E-state index in [1.54, 1.807) is 6.08 Å². The van der Waals surface area contributed by atoms with Gasteiger partial charge in [-0.25, -0.2) is 4.79 Å². The zero-order valence-electron chi connectivity index (χ0n) is 7.26. The predicted octanol–water partition coefficient (Wildman–Crippen LogP) is 1.93. The van der Waals surface area contributed by atoms with Crippen LogP contribution in [0.4, 0.5) is 0 Å². The van der Waals surface area contributed by atoms with E-state index in [0.29, 0.717) is 11.5 Å². The summed E-state index contributed by atoms with van der Waals surface area (Å²) in [7, 11) is 1.34. The van der Waals surface area contributed by atoms with Crippen molar-refractivity contribution in [3.05, 3.63) is 24.3 Å². The second kappa shape index (κ2) is 4.72. The monoisotopic (exact) mass is 154 g/mol. The van der Waals surface area contributed by atoms with E-state index >= 15 is 0 Å². The summed E-state index contributed by atoms with van der Waals surface area (Å²) >= 11 is 0. The van der Waals surface area contributed by atoms with E-state index in [1.165, 1.54) is 7.11 Å². The van der Waals surface area contributed by atoms with Gasteiger partial charge in [-0.15, -0.1) is 0 Å². The second-order valence-corrected chi connectivity index (χ2v) is 2.62. The van der Waals surface area contributed by atoms with E-state index in [-0.39, 0.29) is 5.97 Å². The minimum absolute atomic E-state index is 0.373. The highest BCUT2D eigenvalue weighted by molar-refractivity contribution is 5.90. The molecule has 2 nitrogen and oxygen atoms in total. The minimum atomic E-state index is -0.373. The fourth-order valence-electron chi connectivity index (χ4n) is 0.508. The van der Waals surface area contributed by atoms with Crippen LogP contribution >= 0.6 is 0 Å². The summed E-state index contributed by atoms with van der Waals surface area (Å²) in [5, 5.41) is 0. The van der Waals surface area contributed by atoms with Gasteiger partial charge >= 0.3 is 5.97 Å². The van der Waals surface area contributed by atoms with Crippen molar-refractivity contribution in [2.45, 2.75) is 13.8 Å². The molecule has 0 aromatic carbocycles. The molecule has 0 amide bonds. The fourth-order valence-corrected chi connectivity index (χ4v) is 0.508. The first-order valence-electron chi connectivity index (χ1n) is 3.53. The molecule has 0 radical (unpaired) electrons. The molecule has 0 fully saturated rings. The van der Waals surface area contributed by atoms with Crippen LogP contribution in [-0.4, -0.2) is 13.1 Å². The van der Waals surface area contributed by atoms with Gasteiger partial charge in [0.2, 0.25) is 0 Å². The number of carbonyl (C=O) groups is 1. The molecular formula is C9H14O2. The molecule has 0 spiro atoms. The van der Waals surface area contributed by atoms with E-state index < -0.39 is 0 Å². The maximum atomic E-state index is 10.8. The van der Waals surface area contributed by atoms with Crippen LogP contribution in [0.25, 0.3) is 0 Å². The zero-order chi connectivity index (χ0) is 8.85. The van der Waals surface area contributed by atoms with Crippen LogP contribution in [0.1, 0.15) is 13.8 Å². The highest BCUT2D eigenvalue weighted by Crippen LogP contribution is 2.00. The van der Waals surface area contributed by atoms with Crippen LogP contribution < -0.4 is 0 Å². The Kier molecular flexibility index (Phi) is 4.27. The normalized spacial score (nSPS) is 10.5. The third kappa shape index (κ3) is 4.37. The lowest BCUT2D eigenvalue weighted by Gasteiger charge is -1.97. The molecule has 2 heteroatoms. The average Bonchev–Trinajstić information content (AvgIpc) is 1.98. The molecule has 0 atom stereocenters. The number of hydrogen-bond donors (Lipinski definition) is 0. The van der Waals surface area contributed by atoms with Gasteiger partial charge in [0.25, 0.3) is 0 Å². The lowest BCUT2D eigenvalue weighted by Crippen LogP contribution is -2.01. The molecule has 0 saturated heterocycles. The number of ether oxygens (including phenoxy) is 1. The van der Waals surface area contributed by atoms with E-state index in [1.807, 2.05) is 19.9 Å². The van der Waals surface area contributed by atoms with Crippen molar-refractivity contribution in [3.8, 4) is 0 Å². The first kappa shape index (κ1) is 9.95. The Hall–Kier alpha value is -1.05. The van der Waals surface area contributed by atoms with Crippen molar-refractivity contribution < 1.29 is 9.53 Å². The van der Waals surface area contributed by atoms with Crippen molar-refractivity contribution in [2.75, 3.05) is 7.11 Å². The third-order valence-corrected chi connectivity index (χ3v) is 1.13.